The van der Waals surface area contributed by atoms with Gasteiger partial charge in [0.15, 0.2) is 0 Å². The average molecular weight is 189 g/mol. The molecule has 0 radical (unpaired) electrons. The van der Waals surface area contributed by atoms with Crippen LogP contribution in [0.15, 0.2) is 43.2 Å². The van der Waals surface area contributed by atoms with E-state index in [0.717, 1.165) is 5.56 Å². The van der Waals surface area contributed by atoms with Gasteiger partial charge in [-0.15, -0.1) is 0 Å². The fourth-order valence-electron chi connectivity index (χ4n) is 1.40. The maximum absolute atomic E-state index is 9.27. The van der Waals surface area contributed by atoms with Crippen molar-refractivity contribution in [2.75, 3.05) is 6.61 Å². The molecule has 0 spiro atoms. The van der Waals surface area contributed by atoms with Gasteiger partial charge in [-0.2, -0.15) is 0 Å². The first kappa shape index (κ1) is 8.90. The summed E-state index contributed by atoms with van der Waals surface area (Å²) in [6, 6.07) is 3.70. The Morgan fingerprint density at radius 1 is 1.36 bits per heavy atom. The highest BCUT2D eigenvalue weighted by Gasteiger charge is 2.10. The summed E-state index contributed by atoms with van der Waals surface area (Å²) in [6.45, 7) is 0.0437. The molecule has 14 heavy (non-hydrogen) atoms. The third-order valence-electron chi connectivity index (χ3n) is 2.13. The molecule has 2 aromatic rings. The molecule has 0 fully saturated rings. The highest BCUT2D eigenvalue weighted by molar-refractivity contribution is 5.15. The number of aliphatic hydroxyl groups is 1. The van der Waals surface area contributed by atoms with E-state index in [2.05, 4.69) is 9.97 Å². The summed E-state index contributed by atoms with van der Waals surface area (Å²) in [5.41, 5.74) is 0.980. The SMILES string of the molecule is OCC(c1cccnc1)n1ccnc1. The van der Waals surface area contributed by atoms with Gasteiger partial charge in [0.05, 0.1) is 19.0 Å². The Hall–Kier alpha value is -1.68. The molecule has 0 aromatic carbocycles. The first-order valence-electron chi connectivity index (χ1n) is 4.40. The van der Waals surface area contributed by atoms with Crippen LogP contribution in [0.5, 0.6) is 0 Å². The van der Waals surface area contributed by atoms with Crippen molar-refractivity contribution in [1.29, 1.82) is 0 Å². The fraction of sp³-hybridized carbons (Fsp3) is 0.200. The number of rotatable bonds is 3. The molecule has 4 nitrogen and oxygen atoms in total. The smallest absolute Gasteiger partial charge is 0.0952 e. The van der Waals surface area contributed by atoms with Crippen molar-refractivity contribution < 1.29 is 5.11 Å². The second-order valence-electron chi connectivity index (χ2n) is 2.99. The van der Waals surface area contributed by atoms with Crippen LogP contribution in [0.2, 0.25) is 0 Å². The standard InChI is InChI=1S/C10H11N3O/c14-7-10(13-5-4-12-8-13)9-2-1-3-11-6-9/h1-6,8,10,14H,7H2. The van der Waals surface area contributed by atoms with E-state index in [1.165, 1.54) is 0 Å². The average Bonchev–Trinajstić information content (AvgIpc) is 2.74. The summed E-state index contributed by atoms with van der Waals surface area (Å²) in [5.74, 6) is 0. The van der Waals surface area contributed by atoms with Crippen LogP contribution >= 0.6 is 0 Å². The van der Waals surface area contributed by atoms with Crippen molar-refractivity contribution in [3.8, 4) is 0 Å². The van der Waals surface area contributed by atoms with Crippen molar-refractivity contribution in [3.63, 3.8) is 0 Å². The van der Waals surface area contributed by atoms with Gasteiger partial charge in [0.25, 0.3) is 0 Å². The lowest BCUT2D eigenvalue weighted by molar-refractivity contribution is 0.249. The van der Waals surface area contributed by atoms with Crippen LogP contribution in [0, 0.1) is 0 Å². The largest absolute Gasteiger partial charge is 0.394 e. The van der Waals surface area contributed by atoms with Crippen molar-refractivity contribution in [1.82, 2.24) is 14.5 Å². The zero-order valence-corrected chi connectivity index (χ0v) is 7.61. The van der Waals surface area contributed by atoms with Crippen LogP contribution < -0.4 is 0 Å². The van der Waals surface area contributed by atoms with Gasteiger partial charge in [-0.05, 0) is 11.6 Å². The lowest BCUT2D eigenvalue weighted by atomic mass is 10.1. The summed E-state index contributed by atoms with van der Waals surface area (Å²) in [4.78, 5) is 7.97. The first-order valence-corrected chi connectivity index (χ1v) is 4.40. The predicted molar refractivity (Wildman–Crippen MR) is 51.7 cm³/mol. The zero-order valence-electron chi connectivity index (χ0n) is 7.61. The Kier molecular flexibility index (Phi) is 2.55. The second-order valence-corrected chi connectivity index (χ2v) is 2.99. The van der Waals surface area contributed by atoms with Crippen LogP contribution in [0.25, 0.3) is 0 Å². The molecular formula is C10H11N3O. The Morgan fingerprint density at radius 2 is 2.29 bits per heavy atom. The van der Waals surface area contributed by atoms with Crippen molar-refractivity contribution in [3.05, 3.63) is 48.8 Å². The van der Waals surface area contributed by atoms with Gasteiger partial charge in [0, 0.05) is 24.8 Å². The summed E-state index contributed by atoms with van der Waals surface area (Å²) in [7, 11) is 0. The van der Waals surface area contributed by atoms with Crippen molar-refractivity contribution >= 4 is 0 Å². The van der Waals surface area contributed by atoms with Gasteiger partial charge in [-0.25, -0.2) is 4.98 Å². The number of imidazole rings is 1. The lowest BCUT2D eigenvalue weighted by Crippen LogP contribution is -2.13. The summed E-state index contributed by atoms with van der Waals surface area (Å²) in [5, 5.41) is 9.27. The predicted octanol–water partition coefficient (Wildman–Crippen LogP) is 0.860. The number of aliphatic hydroxyl groups excluding tert-OH is 1. The van der Waals surface area contributed by atoms with E-state index >= 15 is 0 Å². The minimum absolute atomic E-state index is 0.0437. The van der Waals surface area contributed by atoms with E-state index in [0.29, 0.717) is 0 Å². The van der Waals surface area contributed by atoms with Gasteiger partial charge in [0.2, 0.25) is 0 Å². The van der Waals surface area contributed by atoms with E-state index in [9.17, 15) is 5.11 Å². The molecule has 2 rings (SSSR count). The van der Waals surface area contributed by atoms with E-state index < -0.39 is 0 Å². The maximum atomic E-state index is 9.27. The summed E-state index contributed by atoms with van der Waals surface area (Å²) in [6.07, 6.45) is 8.67. The highest BCUT2D eigenvalue weighted by atomic mass is 16.3. The number of hydrogen-bond donors (Lipinski definition) is 1. The molecule has 4 heteroatoms. The molecule has 0 saturated heterocycles. The van der Waals surface area contributed by atoms with Gasteiger partial charge >= 0.3 is 0 Å². The molecule has 1 atom stereocenters. The molecule has 0 aliphatic carbocycles. The lowest BCUT2D eigenvalue weighted by Gasteiger charge is -2.15. The maximum Gasteiger partial charge on any atom is 0.0952 e. The third-order valence-corrected chi connectivity index (χ3v) is 2.13. The van der Waals surface area contributed by atoms with E-state index in [1.54, 1.807) is 24.9 Å². The van der Waals surface area contributed by atoms with Crippen LogP contribution in [0.4, 0.5) is 0 Å². The molecule has 0 aliphatic heterocycles. The van der Waals surface area contributed by atoms with Crippen molar-refractivity contribution in [2.45, 2.75) is 6.04 Å². The Labute approximate surface area is 81.9 Å². The summed E-state index contributed by atoms with van der Waals surface area (Å²) >= 11 is 0. The quantitative estimate of drug-likeness (QED) is 0.779. The van der Waals surface area contributed by atoms with Crippen LogP contribution in [-0.2, 0) is 0 Å². The summed E-state index contributed by atoms with van der Waals surface area (Å²) < 4.78 is 1.86. The zero-order chi connectivity index (χ0) is 9.80. The van der Waals surface area contributed by atoms with Crippen LogP contribution in [-0.4, -0.2) is 26.2 Å². The van der Waals surface area contributed by atoms with Gasteiger partial charge in [-0.1, -0.05) is 6.07 Å². The topological polar surface area (TPSA) is 50.9 Å². The molecule has 2 heterocycles. The number of aromatic nitrogens is 3. The first-order chi connectivity index (χ1) is 6.92. The van der Waals surface area contributed by atoms with Crippen molar-refractivity contribution in [2.24, 2.45) is 0 Å². The Balaban J connectivity index is 2.31. The Bertz CT molecular complexity index is 372. The van der Waals surface area contributed by atoms with E-state index in [1.807, 2.05) is 22.9 Å². The minimum Gasteiger partial charge on any atom is -0.394 e. The van der Waals surface area contributed by atoms with Crippen LogP contribution in [0.1, 0.15) is 11.6 Å². The van der Waals surface area contributed by atoms with Gasteiger partial charge in [0.1, 0.15) is 0 Å². The highest BCUT2D eigenvalue weighted by Crippen LogP contribution is 2.15. The molecule has 0 saturated carbocycles. The number of hydrogen-bond acceptors (Lipinski definition) is 3. The molecule has 0 amide bonds. The number of nitrogens with zero attached hydrogens (tertiary/aromatic N) is 3. The number of pyridine rings is 1. The third kappa shape index (κ3) is 1.65. The monoisotopic (exact) mass is 189 g/mol. The minimum atomic E-state index is -0.0915. The molecule has 2 aromatic heterocycles. The molecule has 1 unspecified atom stereocenters. The molecular weight excluding hydrogens is 178 g/mol. The molecule has 0 bridgehead atoms. The molecule has 0 aliphatic rings. The fourth-order valence-corrected chi connectivity index (χ4v) is 1.40. The van der Waals surface area contributed by atoms with E-state index in [4.69, 9.17) is 0 Å². The molecule has 72 valence electrons. The van der Waals surface area contributed by atoms with Gasteiger partial charge < -0.3 is 9.67 Å². The molecule has 1 N–H and O–H groups in total. The van der Waals surface area contributed by atoms with Gasteiger partial charge in [-0.3, -0.25) is 4.98 Å². The second kappa shape index (κ2) is 4.02. The van der Waals surface area contributed by atoms with Crippen LogP contribution in [0.3, 0.4) is 0 Å². The van der Waals surface area contributed by atoms with E-state index in [-0.39, 0.29) is 12.6 Å². The Morgan fingerprint density at radius 3 is 2.86 bits per heavy atom. The normalized spacial score (nSPS) is 12.6.